The molecule has 53 heteroatoms. The Kier molecular flexibility index (Phi) is 57.7. The Morgan fingerprint density at radius 1 is 0.347 bits per heavy atom. The van der Waals surface area contributed by atoms with Crippen molar-refractivity contribution in [2.75, 3.05) is 75.5 Å². The summed E-state index contributed by atoms with van der Waals surface area (Å²) in [5.74, 6) is -34.6. The predicted octanol–water partition coefficient (Wildman–Crippen LogP) is -2.77. The molecule has 1 aliphatic rings. The summed E-state index contributed by atoms with van der Waals surface area (Å²) in [6, 6.07) is -26.6. The van der Waals surface area contributed by atoms with E-state index in [4.69, 9.17) is 5.11 Å². The van der Waals surface area contributed by atoms with Crippen LogP contribution in [0.4, 0.5) is 0 Å². The molecule has 0 aromatic carbocycles. The van der Waals surface area contributed by atoms with Crippen LogP contribution in [0.15, 0.2) is 0 Å². The maximum atomic E-state index is 15.8. The summed E-state index contributed by atoms with van der Waals surface area (Å²) in [5.41, 5.74) is 0. The third-order valence-corrected chi connectivity index (χ3v) is 25.4. The lowest BCUT2D eigenvalue weighted by molar-refractivity contribution is -0.157. The maximum absolute atomic E-state index is 15.8. The zero-order valence-electron chi connectivity index (χ0n) is 90.4. The molecule has 848 valence electrons. The van der Waals surface area contributed by atoms with Gasteiger partial charge in [-0.3, -0.25) is 125 Å². The summed E-state index contributed by atoms with van der Waals surface area (Å²) in [6.07, 6.45) is -13.8. The maximum Gasteiger partial charge on any atom is 0.322 e. The molecule has 0 aromatic rings. The number of rotatable bonds is 51. The van der Waals surface area contributed by atoms with E-state index in [-0.39, 0.29) is 62.2 Å². The second kappa shape index (κ2) is 64.5. The van der Waals surface area contributed by atoms with Crippen molar-refractivity contribution in [1.29, 1.82) is 0 Å². The van der Waals surface area contributed by atoms with E-state index in [0.29, 0.717) is 0 Å². The first-order chi connectivity index (χ1) is 69.5. The van der Waals surface area contributed by atoms with Gasteiger partial charge in [0.15, 0.2) is 0 Å². The van der Waals surface area contributed by atoms with Gasteiger partial charge in [-0.2, -0.15) is 0 Å². The number of likely N-dealkylation sites (N-methyl/N-ethyl adjacent to an activating group) is 7. The number of carbonyl (C=O) groups excluding carboxylic acids is 19. The second-order valence-electron chi connectivity index (χ2n) is 40.5. The highest BCUT2D eigenvalue weighted by Crippen LogP contribution is 2.27. The Morgan fingerprint density at radius 3 is 1.03 bits per heavy atom. The van der Waals surface area contributed by atoms with E-state index in [1.165, 1.54) is 70.0 Å². The zero-order chi connectivity index (χ0) is 116. The Balaban J connectivity index is 4.28. The monoisotopic (exact) mass is 2140 g/mol. The van der Waals surface area contributed by atoms with Crippen molar-refractivity contribution in [1.82, 2.24) is 97.7 Å². The molecule has 0 saturated carbocycles. The van der Waals surface area contributed by atoms with Crippen molar-refractivity contribution in [2.24, 2.45) is 41.4 Å². The van der Waals surface area contributed by atoms with E-state index in [0.717, 1.165) is 53.2 Å². The highest BCUT2D eigenvalue weighted by Gasteiger charge is 2.48. The van der Waals surface area contributed by atoms with E-state index in [9.17, 15) is 141 Å². The molecule has 1 rings (SSSR count). The first-order valence-corrected chi connectivity index (χ1v) is 50.1. The van der Waals surface area contributed by atoms with E-state index in [1.807, 2.05) is 5.32 Å². The van der Waals surface area contributed by atoms with Crippen LogP contribution in [0, 0.1) is 41.4 Å². The van der Waals surface area contributed by atoms with Gasteiger partial charge in [0.25, 0.3) is 0 Å². The number of hydrogen-bond donors (Lipinski definition) is 19. The van der Waals surface area contributed by atoms with Crippen LogP contribution < -0.4 is 58.5 Å². The second-order valence-corrected chi connectivity index (χ2v) is 40.5. The van der Waals surface area contributed by atoms with Gasteiger partial charge >= 0.3 is 41.8 Å². The van der Waals surface area contributed by atoms with Gasteiger partial charge in [0.1, 0.15) is 103 Å². The minimum Gasteiger partial charge on any atom is -0.481 e. The lowest BCUT2D eigenvalue weighted by atomic mass is 9.91. The Labute approximate surface area is 872 Å². The number of carboxylic acids is 7. The molecule has 1 heterocycles. The van der Waals surface area contributed by atoms with Crippen molar-refractivity contribution < 1.29 is 166 Å². The molecule has 0 aliphatic carbocycles. The Morgan fingerprint density at radius 2 is 0.680 bits per heavy atom. The zero-order valence-corrected chi connectivity index (χ0v) is 90.4. The van der Waals surface area contributed by atoms with Crippen molar-refractivity contribution >= 4 is 154 Å². The van der Waals surface area contributed by atoms with E-state index >= 15 is 19.2 Å². The molecule has 0 spiro atoms. The molecule has 19 amide bonds. The molecular formula is C97H161N19O34. The molecule has 0 unspecified atom stereocenters. The summed E-state index contributed by atoms with van der Waals surface area (Å²) in [4.78, 5) is 367. The smallest absolute Gasteiger partial charge is 0.322 e. The molecule has 1 saturated heterocycles. The number of aliphatic carboxylic acids is 7. The standard InChI is InChI=1S/C97H161N19O34/c1-25-58-93(146)109(18)47-70(119)110(19)65(42-48(2)3)90(143)108-78(52(10)11)96(149)111(20)66(43-49(4)5)89(142)99-55(15)82(135)100-56(16)92(145)112(21)67(44-50(6)7)94(147)113(22)68(45-51(8)9)95(148)114(23)79(53(12)13)97(150)115(24)80(91(144)102-58)81(134)54(14)38-40-116(57(17)117)41-39-69(118)101-60(27-33-72(122)123)84(137)104-62(29-35-74(126)127)86(139)106-64(31-37-76(130)131)88(141)107-63(30-36-75(128)129)87(140)105-61(28-34-73(124)125)85(138)103-59(26-32-71(120)121)83(136)98-46-77(132)133/h48-56,58-68,78-81,134H,25-47H2,1-24H3,(H,98,136)(H,99,142)(H,100,135)(H,101,118)(H,102,144)(H,103,138)(H,104,137)(H,105,140)(H,106,139)(H,107,141)(H,108,143)(H,120,121)(H,122,123)(H,124,125)(H,126,127)(H,128,129)(H,130,131)(H,132,133)/t54-,55+,56-,58+,59-,60-,61-,62-,63-,64-,65+,66+,67+,68+,78+,79+,80+,81-/m1/s1. The fourth-order valence-electron chi connectivity index (χ4n) is 16.5. The van der Waals surface area contributed by atoms with E-state index < -0.39 is 384 Å². The van der Waals surface area contributed by atoms with E-state index in [2.05, 4.69) is 53.2 Å². The Bertz CT molecular complexity index is 4740. The molecule has 0 aromatic heterocycles. The van der Waals surface area contributed by atoms with Crippen molar-refractivity contribution in [3.8, 4) is 0 Å². The molecule has 53 nitrogen and oxygen atoms in total. The quantitative estimate of drug-likeness (QED) is 0.0293. The average molecular weight is 2140 g/mol. The number of aliphatic hydroxyl groups excluding tert-OH is 1. The minimum absolute atomic E-state index is 0.0100. The van der Waals surface area contributed by atoms with Crippen LogP contribution in [0.5, 0.6) is 0 Å². The number of carbonyl (C=O) groups is 26. The van der Waals surface area contributed by atoms with Crippen LogP contribution in [-0.2, 0) is 125 Å². The summed E-state index contributed by atoms with van der Waals surface area (Å²) in [5, 5.41) is 105. The molecule has 18 atom stereocenters. The van der Waals surface area contributed by atoms with Crippen LogP contribution in [0.3, 0.4) is 0 Å². The lowest BCUT2D eigenvalue weighted by Crippen LogP contribution is -2.63. The van der Waals surface area contributed by atoms with Crippen LogP contribution in [0.2, 0.25) is 0 Å². The molecule has 0 bridgehead atoms. The fourth-order valence-corrected chi connectivity index (χ4v) is 16.5. The summed E-state index contributed by atoms with van der Waals surface area (Å²) in [6.45, 7) is 24.6. The van der Waals surface area contributed by atoms with Gasteiger partial charge in [0.2, 0.25) is 112 Å². The van der Waals surface area contributed by atoms with Crippen LogP contribution in [0.1, 0.15) is 240 Å². The molecule has 1 aliphatic heterocycles. The van der Waals surface area contributed by atoms with Gasteiger partial charge in [-0.1, -0.05) is 96.9 Å². The molecule has 1 fully saturated rings. The minimum atomic E-state index is -2.14. The molecule has 150 heavy (non-hydrogen) atoms. The largest absolute Gasteiger partial charge is 0.481 e. The highest BCUT2D eigenvalue weighted by atomic mass is 16.4. The first kappa shape index (κ1) is 134. The molecule has 19 N–H and O–H groups in total. The van der Waals surface area contributed by atoms with Crippen LogP contribution in [-0.4, -0.2) is 412 Å². The molecule has 0 radical (unpaired) electrons. The van der Waals surface area contributed by atoms with Crippen LogP contribution in [0.25, 0.3) is 0 Å². The van der Waals surface area contributed by atoms with Gasteiger partial charge in [-0.05, 0) is 132 Å². The molecular weight excluding hydrogens is 1980 g/mol. The average Bonchev–Trinajstić information content (AvgIpc) is 0.790. The highest BCUT2D eigenvalue weighted by molar-refractivity contribution is 6.02. The van der Waals surface area contributed by atoms with Gasteiger partial charge in [0.05, 0.1) is 12.6 Å². The van der Waals surface area contributed by atoms with Gasteiger partial charge in [-0.25, -0.2) is 0 Å². The van der Waals surface area contributed by atoms with Crippen molar-refractivity contribution in [3.63, 3.8) is 0 Å². The van der Waals surface area contributed by atoms with Gasteiger partial charge in [-0.15, -0.1) is 0 Å². The predicted molar refractivity (Wildman–Crippen MR) is 534 cm³/mol. The summed E-state index contributed by atoms with van der Waals surface area (Å²) >= 11 is 0. The SMILES string of the molecule is CC[C@@H]1NC(=O)[C@H]([C@H](O)[C@H](C)CCN(CCC(=O)N[C@H](CCC(=O)O)C(=O)N[C@H](CCC(=O)O)C(=O)N[C@H](CCC(=O)O)C(=O)N[C@H](CCC(=O)O)C(=O)N[C@H](CCC(=O)O)C(=O)N[C@H](CCC(=O)O)C(=O)NCC(=O)O)C(C)=O)N(C)C(=O)[C@H](C(C)C)N(C)C(=O)[C@H](CC(C)C)N(C)C(=O)[C@H](CC(C)C)N(C)C(=O)[C@@H](C)NC(=O)[C@H](C)NC(=O)[C@H](CC(C)C)N(C)C(=O)[C@H](C(C)C)NC(=O)[C@H](CC(C)C)N(C)C(=O)CN(C)C1=O. The summed E-state index contributed by atoms with van der Waals surface area (Å²) in [7, 11) is 9.01. The first-order valence-electron chi connectivity index (χ1n) is 50.1. The number of nitrogens with zero attached hydrogens (tertiary/aromatic N) is 8. The summed E-state index contributed by atoms with van der Waals surface area (Å²) < 4.78 is 0. The number of carboxylic acid groups (broad SMARTS) is 7. The van der Waals surface area contributed by atoms with Crippen molar-refractivity contribution in [2.45, 2.75) is 342 Å². The number of nitrogens with one attached hydrogen (secondary N) is 11. The number of aliphatic hydroxyl groups is 1. The third-order valence-electron chi connectivity index (χ3n) is 25.4. The van der Waals surface area contributed by atoms with Crippen molar-refractivity contribution in [3.05, 3.63) is 0 Å². The van der Waals surface area contributed by atoms with E-state index in [1.54, 1.807) is 83.1 Å². The number of hydrogen-bond acceptors (Lipinski definition) is 27. The fraction of sp³-hybridized carbons (Fsp3) is 0.732. The third kappa shape index (κ3) is 45.3. The number of amides is 19. The Hall–Kier alpha value is -13.8. The van der Waals surface area contributed by atoms with Gasteiger partial charge < -0.3 is 139 Å². The normalized spacial score (nSPS) is 21.1. The van der Waals surface area contributed by atoms with Crippen LogP contribution >= 0.6 is 0 Å². The lowest BCUT2D eigenvalue weighted by Gasteiger charge is -2.41. The van der Waals surface area contributed by atoms with Gasteiger partial charge in [0, 0.05) is 114 Å². The topological polar surface area (TPSA) is 764 Å².